The van der Waals surface area contributed by atoms with Crippen LogP contribution in [0.3, 0.4) is 0 Å². The van der Waals surface area contributed by atoms with E-state index >= 15 is 0 Å². The second-order valence-electron chi connectivity index (χ2n) is 7.77. The number of carbonyl (C=O) groups is 1. The normalized spacial score (nSPS) is 21.8. The molecule has 3 atom stereocenters. The quantitative estimate of drug-likeness (QED) is 0.353. The predicted molar refractivity (Wildman–Crippen MR) is 130 cm³/mol. The molecule has 0 N–H and O–H groups in total. The molecule has 0 unspecified atom stereocenters. The van der Waals surface area contributed by atoms with E-state index in [9.17, 15) is 4.79 Å². The maximum atomic E-state index is 12.7. The monoisotopic (exact) mass is 466 g/mol. The van der Waals surface area contributed by atoms with E-state index in [-0.39, 0.29) is 12.1 Å². The van der Waals surface area contributed by atoms with Crippen molar-refractivity contribution in [2.75, 3.05) is 21.2 Å². The fraction of sp³-hybridized carbons (Fsp3) is 0.240. The van der Waals surface area contributed by atoms with Crippen molar-refractivity contribution in [1.82, 2.24) is 9.34 Å². The Labute approximate surface area is 194 Å². The highest BCUT2D eigenvalue weighted by molar-refractivity contribution is 8.10. The van der Waals surface area contributed by atoms with Crippen LogP contribution in [0.5, 0.6) is 0 Å². The third kappa shape index (κ3) is 4.17. The van der Waals surface area contributed by atoms with Crippen LogP contribution in [0.4, 0.5) is 0 Å². The molecule has 7 heteroatoms. The van der Waals surface area contributed by atoms with Crippen LogP contribution in [0.15, 0.2) is 91.0 Å². The van der Waals surface area contributed by atoms with Crippen LogP contribution in [-0.4, -0.2) is 36.5 Å². The van der Waals surface area contributed by atoms with Crippen LogP contribution in [0.25, 0.3) is 0 Å². The SMILES string of the molecule is COC(=O)[C@H](OP1(=S)N(C)[C@H](c2ccccc2)[C@@H](c2ccccc2)N1C)c1ccccc1. The molecular formula is C25H27N2O3PS. The van der Waals surface area contributed by atoms with Gasteiger partial charge in [-0.15, -0.1) is 0 Å². The van der Waals surface area contributed by atoms with Gasteiger partial charge in [-0.1, -0.05) is 91.0 Å². The van der Waals surface area contributed by atoms with Crippen LogP contribution >= 0.6 is 6.57 Å². The summed E-state index contributed by atoms with van der Waals surface area (Å²) >= 11 is 6.24. The van der Waals surface area contributed by atoms with Crippen molar-refractivity contribution in [3.8, 4) is 0 Å². The highest BCUT2D eigenvalue weighted by Gasteiger charge is 2.52. The molecule has 5 nitrogen and oxygen atoms in total. The minimum Gasteiger partial charge on any atom is -0.467 e. The van der Waals surface area contributed by atoms with Crippen molar-refractivity contribution in [2.24, 2.45) is 0 Å². The Balaban J connectivity index is 1.79. The summed E-state index contributed by atoms with van der Waals surface area (Å²) in [6.07, 6.45) is -0.900. The Hall–Kier alpha value is -2.34. The minimum absolute atomic E-state index is 0.0245. The zero-order valence-corrected chi connectivity index (χ0v) is 20.1. The summed E-state index contributed by atoms with van der Waals surface area (Å²) in [5.41, 5.74) is 3.03. The molecule has 1 aliphatic rings. The molecule has 1 saturated heterocycles. The van der Waals surface area contributed by atoms with Crippen molar-refractivity contribution < 1.29 is 14.1 Å². The molecule has 0 amide bonds. The summed E-state index contributed by atoms with van der Waals surface area (Å²) in [5.74, 6) is -0.457. The van der Waals surface area contributed by atoms with E-state index in [0.717, 1.165) is 16.7 Å². The standard InChI is InChI=1S/C25H27N2O3PS/c1-26-22(19-13-7-4-8-14-19)23(20-15-9-5-10-16-20)27(2)31(26,32)30-24(25(28)29-3)21-17-11-6-12-18-21/h4-18,22-24H,1-3H3/t22-,23-,24-/m1/s1. The van der Waals surface area contributed by atoms with Crippen LogP contribution in [0, 0.1) is 0 Å². The van der Waals surface area contributed by atoms with Crippen molar-refractivity contribution in [2.45, 2.75) is 18.2 Å². The smallest absolute Gasteiger partial charge is 0.340 e. The highest BCUT2D eigenvalue weighted by atomic mass is 32.5. The first-order chi connectivity index (χ1) is 15.5. The van der Waals surface area contributed by atoms with Crippen molar-refractivity contribution >= 4 is 24.3 Å². The number of hydrogen-bond acceptors (Lipinski definition) is 4. The second kappa shape index (κ2) is 9.65. The van der Waals surface area contributed by atoms with E-state index in [1.807, 2.05) is 80.8 Å². The predicted octanol–water partition coefficient (Wildman–Crippen LogP) is 5.50. The Kier molecular flexibility index (Phi) is 6.89. The lowest BCUT2D eigenvalue weighted by atomic mass is 9.93. The molecular weight excluding hydrogens is 439 g/mol. The van der Waals surface area contributed by atoms with E-state index in [1.165, 1.54) is 7.11 Å². The summed E-state index contributed by atoms with van der Waals surface area (Å²) in [7, 11) is 5.37. The van der Waals surface area contributed by atoms with Gasteiger partial charge in [-0.05, 0) is 42.6 Å². The van der Waals surface area contributed by atoms with Crippen LogP contribution in [0.1, 0.15) is 34.9 Å². The summed E-state index contributed by atoms with van der Waals surface area (Å²) in [5, 5.41) is 0. The lowest BCUT2D eigenvalue weighted by Crippen LogP contribution is -2.23. The zero-order valence-electron chi connectivity index (χ0n) is 18.4. The fourth-order valence-electron chi connectivity index (χ4n) is 4.30. The molecule has 0 aromatic heterocycles. The van der Waals surface area contributed by atoms with Gasteiger partial charge in [0, 0.05) is 0 Å². The number of carbonyl (C=O) groups excluding carboxylic acids is 1. The Morgan fingerprint density at radius 2 is 1.22 bits per heavy atom. The molecule has 1 aliphatic heterocycles. The highest BCUT2D eigenvalue weighted by Crippen LogP contribution is 2.70. The van der Waals surface area contributed by atoms with Gasteiger partial charge >= 0.3 is 5.97 Å². The maximum Gasteiger partial charge on any atom is 0.340 e. The second-order valence-corrected chi connectivity index (χ2v) is 11.6. The van der Waals surface area contributed by atoms with Gasteiger partial charge in [0.2, 0.25) is 6.57 Å². The van der Waals surface area contributed by atoms with Gasteiger partial charge in [0.25, 0.3) is 0 Å². The lowest BCUT2D eigenvalue weighted by molar-refractivity contribution is -0.149. The van der Waals surface area contributed by atoms with Gasteiger partial charge in [0.1, 0.15) is 0 Å². The topological polar surface area (TPSA) is 42.0 Å². The summed E-state index contributed by atoms with van der Waals surface area (Å²) in [6, 6.07) is 30.0. The van der Waals surface area contributed by atoms with Crippen molar-refractivity contribution in [3.05, 3.63) is 108 Å². The summed E-state index contributed by atoms with van der Waals surface area (Å²) in [4.78, 5) is 12.7. The van der Waals surface area contributed by atoms with Crippen LogP contribution < -0.4 is 0 Å². The summed E-state index contributed by atoms with van der Waals surface area (Å²) < 4.78 is 15.9. The van der Waals surface area contributed by atoms with Crippen LogP contribution in [0.2, 0.25) is 0 Å². The molecule has 1 heterocycles. The molecule has 0 spiro atoms. The average molecular weight is 467 g/mol. The Bertz CT molecular complexity index is 1040. The Morgan fingerprint density at radius 3 is 1.62 bits per heavy atom. The molecule has 0 radical (unpaired) electrons. The number of rotatable bonds is 6. The number of ether oxygens (including phenoxy) is 1. The molecule has 0 bridgehead atoms. The number of hydrogen-bond donors (Lipinski definition) is 0. The third-order valence-corrected chi connectivity index (χ3v) is 10.3. The molecule has 3 aromatic rings. The minimum atomic E-state index is -2.78. The largest absolute Gasteiger partial charge is 0.467 e. The Morgan fingerprint density at radius 1 is 0.812 bits per heavy atom. The van der Waals surface area contributed by atoms with Crippen molar-refractivity contribution in [1.29, 1.82) is 0 Å². The molecule has 166 valence electrons. The first kappa shape index (κ1) is 22.8. The van der Waals surface area contributed by atoms with Gasteiger partial charge in [-0.25, -0.2) is 14.1 Å². The number of nitrogens with zero attached hydrogens (tertiary/aromatic N) is 2. The summed E-state index contributed by atoms with van der Waals surface area (Å²) in [6.45, 7) is -2.78. The zero-order chi connectivity index (χ0) is 22.7. The average Bonchev–Trinajstić information content (AvgIpc) is 3.04. The molecule has 1 fully saturated rings. The maximum absolute atomic E-state index is 12.7. The van der Waals surface area contributed by atoms with E-state index < -0.39 is 18.6 Å². The van der Waals surface area contributed by atoms with Crippen LogP contribution in [-0.2, 0) is 25.9 Å². The first-order valence-corrected chi connectivity index (χ1v) is 13.1. The number of benzene rings is 3. The van der Waals surface area contributed by atoms with E-state index in [1.54, 1.807) is 0 Å². The third-order valence-electron chi connectivity index (χ3n) is 5.94. The van der Waals surface area contributed by atoms with Gasteiger partial charge in [0.15, 0.2) is 6.10 Å². The van der Waals surface area contributed by atoms with Gasteiger partial charge < -0.3 is 9.26 Å². The number of methoxy groups -OCH3 is 1. The van der Waals surface area contributed by atoms with Crippen molar-refractivity contribution in [3.63, 3.8) is 0 Å². The lowest BCUT2D eigenvalue weighted by Gasteiger charge is -2.33. The molecule has 0 saturated carbocycles. The number of likely N-dealkylation sites (N-methyl/N-ethyl adjacent to an activating group) is 2. The molecule has 0 aliphatic carbocycles. The van der Waals surface area contributed by atoms with E-state index in [4.69, 9.17) is 21.1 Å². The van der Waals surface area contributed by atoms with E-state index in [0.29, 0.717) is 0 Å². The van der Waals surface area contributed by atoms with Gasteiger partial charge in [-0.3, -0.25) is 0 Å². The first-order valence-electron chi connectivity index (χ1n) is 10.4. The van der Waals surface area contributed by atoms with Gasteiger partial charge in [0.05, 0.1) is 19.2 Å². The molecule has 32 heavy (non-hydrogen) atoms. The fourth-order valence-corrected chi connectivity index (χ4v) is 7.54. The molecule has 4 rings (SSSR count). The van der Waals surface area contributed by atoms with Gasteiger partial charge in [-0.2, -0.15) is 0 Å². The number of esters is 1. The van der Waals surface area contributed by atoms with E-state index in [2.05, 4.69) is 33.6 Å². The molecule has 3 aromatic carbocycles.